The summed E-state index contributed by atoms with van der Waals surface area (Å²) in [4.78, 5) is 30.1. The third-order valence-electron chi connectivity index (χ3n) is 6.26. The molecule has 0 N–H and O–H groups in total. The fraction of sp³-hybridized carbons (Fsp3) is 0.714. The van der Waals surface area contributed by atoms with Gasteiger partial charge in [0.15, 0.2) is 0 Å². The third kappa shape index (κ3) is 8.13. The maximum absolute atomic E-state index is 12.2. The van der Waals surface area contributed by atoms with Gasteiger partial charge in [-0.25, -0.2) is 0 Å². The highest BCUT2D eigenvalue weighted by Crippen LogP contribution is 2.39. The van der Waals surface area contributed by atoms with Gasteiger partial charge < -0.3 is 9.57 Å². The molecule has 0 aliphatic heterocycles. The van der Waals surface area contributed by atoms with E-state index < -0.39 is 0 Å². The fourth-order valence-corrected chi connectivity index (χ4v) is 4.46. The van der Waals surface area contributed by atoms with Gasteiger partial charge in [-0.05, 0) is 66.2 Å². The van der Waals surface area contributed by atoms with Crippen LogP contribution in [0, 0.1) is 5.92 Å². The van der Waals surface area contributed by atoms with Gasteiger partial charge in [0.05, 0.1) is 12.6 Å². The maximum atomic E-state index is 12.2. The standard InChI is InChI=1S/C28H47NO4/c1-12-32-27(31)14-13-26(20(8)9)29(33-22(11)30)21(10)28-24(18(4)5)15-23(17(2)3)16-25(28)19(6)7/h15-21,26H,12-14H2,1-11H3/t21-,26+/m1/s1. The predicted octanol–water partition coefficient (Wildman–Crippen LogP) is 7.27. The molecule has 0 saturated carbocycles. The summed E-state index contributed by atoms with van der Waals surface area (Å²) in [5.41, 5.74) is 5.15. The predicted molar refractivity (Wildman–Crippen MR) is 135 cm³/mol. The summed E-state index contributed by atoms with van der Waals surface area (Å²) in [5.74, 6) is 0.707. The number of hydrogen-bond donors (Lipinski definition) is 0. The van der Waals surface area contributed by atoms with E-state index in [0.717, 1.165) is 0 Å². The molecule has 1 rings (SSSR count). The lowest BCUT2D eigenvalue weighted by Gasteiger charge is -2.39. The van der Waals surface area contributed by atoms with Crippen LogP contribution in [0.1, 0.15) is 135 Å². The molecule has 2 atom stereocenters. The van der Waals surface area contributed by atoms with Gasteiger partial charge in [0.2, 0.25) is 0 Å². The number of hydroxylamine groups is 2. The topological polar surface area (TPSA) is 55.8 Å². The summed E-state index contributed by atoms with van der Waals surface area (Å²) in [6.45, 7) is 23.3. The average Bonchev–Trinajstić information content (AvgIpc) is 2.70. The first-order valence-electron chi connectivity index (χ1n) is 12.6. The number of ether oxygens (including phenoxy) is 1. The summed E-state index contributed by atoms with van der Waals surface area (Å²) in [7, 11) is 0. The van der Waals surface area contributed by atoms with Crippen molar-refractivity contribution in [3.8, 4) is 0 Å². The molecule has 0 spiro atoms. The number of hydrogen-bond acceptors (Lipinski definition) is 5. The minimum absolute atomic E-state index is 0.113. The van der Waals surface area contributed by atoms with Gasteiger partial charge in [0, 0.05) is 19.4 Å². The summed E-state index contributed by atoms with van der Waals surface area (Å²) in [6.07, 6.45) is 0.855. The first-order chi connectivity index (χ1) is 15.3. The van der Waals surface area contributed by atoms with Gasteiger partial charge >= 0.3 is 11.9 Å². The molecule has 0 heterocycles. The Morgan fingerprint density at radius 2 is 1.39 bits per heavy atom. The van der Waals surface area contributed by atoms with Crippen molar-refractivity contribution >= 4 is 11.9 Å². The molecule has 0 aromatic heterocycles. The van der Waals surface area contributed by atoms with Crippen LogP contribution < -0.4 is 0 Å². The van der Waals surface area contributed by atoms with Crippen molar-refractivity contribution in [2.45, 2.75) is 119 Å². The largest absolute Gasteiger partial charge is 0.466 e. The Balaban J connectivity index is 3.60. The van der Waals surface area contributed by atoms with Gasteiger partial charge in [-0.3, -0.25) is 9.59 Å². The zero-order valence-electron chi connectivity index (χ0n) is 22.8. The maximum Gasteiger partial charge on any atom is 0.322 e. The van der Waals surface area contributed by atoms with Crippen molar-refractivity contribution in [2.75, 3.05) is 6.61 Å². The number of benzene rings is 1. The quantitative estimate of drug-likeness (QED) is 0.242. The summed E-state index contributed by atoms with van der Waals surface area (Å²) < 4.78 is 5.15. The minimum Gasteiger partial charge on any atom is -0.466 e. The Labute approximate surface area is 202 Å². The van der Waals surface area contributed by atoms with Crippen LogP contribution in [0.5, 0.6) is 0 Å². The Bertz CT molecular complexity index is 753. The summed E-state index contributed by atoms with van der Waals surface area (Å²) in [5, 5.41) is 1.84. The van der Waals surface area contributed by atoms with Crippen LogP contribution in [-0.2, 0) is 19.2 Å². The van der Waals surface area contributed by atoms with Crippen molar-refractivity contribution in [1.29, 1.82) is 0 Å². The third-order valence-corrected chi connectivity index (χ3v) is 6.26. The van der Waals surface area contributed by atoms with E-state index in [9.17, 15) is 9.59 Å². The monoisotopic (exact) mass is 461 g/mol. The van der Waals surface area contributed by atoms with E-state index in [-0.39, 0.29) is 29.9 Å². The van der Waals surface area contributed by atoms with Crippen LogP contribution >= 0.6 is 0 Å². The minimum atomic E-state index is -0.348. The van der Waals surface area contributed by atoms with Crippen molar-refractivity contribution in [3.05, 3.63) is 34.4 Å². The van der Waals surface area contributed by atoms with E-state index in [0.29, 0.717) is 37.2 Å². The first-order valence-corrected chi connectivity index (χ1v) is 12.6. The Hall–Kier alpha value is -1.88. The lowest BCUT2D eigenvalue weighted by Crippen LogP contribution is -2.42. The van der Waals surface area contributed by atoms with Crippen LogP contribution in [0.2, 0.25) is 0 Å². The highest BCUT2D eigenvalue weighted by Gasteiger charge is 2.34. The summed E-state index contributed by atoms with van der Waals surface area (Å²) in [6, 6.07) is 4.38. The van der Waals surface area contributed by atoms with Crippen molar-refractivity contribution in [1.82, 2.24) is 5.06 Å². The molecule has 0 aliphatic carbocycles. The zero-order chi connectivity index (χ0) is 25.5. The van der Waals surface area contributed by atoms with Crippen LogP contribution in [0.3, 0.4) is 0 Å². The molecule has 1 aromatic carbocycles. The molecular weight excluding hydrogens is 414 g/mol. The number of nitrogens with zero attached hydrogens (tertiary/aromatic N) is 1. The highest BCUT2D eigenvalue weighted by atomic mass is 16.7. The van der Waals surface area contributed by atoms with E-state index in [1.165, 1.54) is 29.2 Å². The van der Waals surface area contributed by atoms with Crippen LogP contribution in [0.25, 0.3) is 0 Å². The molecule has 188 valence electrons. The smallest absolute Gasteiger partial charge is 0.322 e. The molecule has 0 amide bonds. The molecule has 5 nitrogen and oxygen atoms in total. The average molecular weight is 462 g/mol. The van der Waals surface area contributed by atoms with E-state index in [4.69, 9.17) is 9.57 Å². The second-order valence-corrected chi connectivity index (χ2v) is 10.4. The first kappa shape index (κ1) is 29.2. The molecule has 0 unspecified atom stereocenters. The fourth-order valence-electron chi connectivity index (χ4n) is 4.46. The molecule has 33 heavy (non-hydrogen) atoms. The van der Waals surface area contributed by atoms with Gasteiger partial charge in [0.1, 0.15) is 0 Å². The second kappa shape index (κ2) is 13.1. The normalized spacial score (nSPS) is 13.8. The zero-order valence-corrected chi connectivity index (χ0v) is 22.8. The van der Waals surface area contributed by atoms with Crippen molar-refractivity contribution in [3.63, 3.8) is 0 Å². The molecule has 0 radical (unpaired) electrons. The van der Waals surface area contributed by atoms with Gasteiger partial charge in [-0.1, -0.05) is 67.5 Å². The van der Waals surface area contributed by atoms with Crippen LogP contribution in [-0.4, -0.2) is 29.7 Å². The SMILES string of the molecule is CCOC(=O)CC[C@@H](C(C)C)N(OC(C)=O)[C@H](C)c1c(C(C)C)cc(C(C)C)cc1C(C)C. The van der Waals surface area contributed by atoms with E-state index in [2.05, 4.69) is 74.4 Å². The number of rotatable bonds is 12. The van der Waals surface area contributed by atoms with Crippen molar-refractivity contribution < 1.29 is 19.2 Å². The molecule has 5 heteroatoms. The highest BCUT2D eigenvalue weighted by molar-refractivity contribution is 5.69. The van der Waals surface area contributed by atoms with Crippen LogP contribution in [0.4, 0.5) is 0 Å². The van der Waals surface area contributed by atoms with Crippen molar-refractivity contribution in [2.24, 2.45) is 5.92 Å². The second-order valence-electron chi connectivity index (χ2n) is 10.4. The van der Waals surface area contributed by atoms with E-state index in [1.807, 2.05) is 12.0 Å². The lowest BCUT2D eigenvalue weighted by molar-refractivity contribution is -0.219. The van der Waals surface area contributed by atoms with E-state index in [1.54, 1.807) is 0 Å². The molecule has 0 aliphatic rings. The van der Waals surface area contributed by atoms with Crippen LogP contribution in [0.15, 0.2) is 12.1 Å². The lowest BCUT2D eigenvalue weighted by atomic mass is 9.81. The molecule has 0 bridgehead atoms. The number of carbonyl (C=O) groups excluding carboxylic acids is 2. The van der Waals surface area contributed by atoms with Gasteiger partial charge in [0.25, 0.3) is 0 Å². The van der Waals surface area contributed by atoms with Gasteiger partial charge in [-0.15, -0.1) is 5.06 Å². The van der Waals surface area contributed by atoms with Gasteiger partial charge in [-0.2, -0.15) is 0 Å². The Morgan fingerprint density at radius 3 is 1.76 bits per heavy atom. The Morgan fingerprint density at radius 1 is 0.879 bits per heavy atom. The number of carbonyl (C=O) groups is 2. The summed E-state index contributed by atoms with van der Waals surface area (Å²) >= 11 is 0. The van der Waals surface area contributed by atoms with E-state index >= 15 is 0 Å². The number of esters is 1. The molecule has 1 aromatic rings. The molecule has 0 fully saturated rings. The molecule has 0 saturated heterocycles. The molecular formula is C28H47NO4. The Kier molecular flexibility index (Phi) is 11.6.